The lowest BCUT2D eigenvalue weighted by Crippen LogP contribution is -2.45. The van der Waals surface area contributed by atoms with Crippen molar-refractivity contribution in [1.29, 1.82) is 0 Å². The molecule has 3 aromatic heterocycles. The van der Waals surface area contributed by atoms with E-state index in [0.29, 0.717) is 11.4 Å². The molecule has 35 heavy (non-hydrogen) atoms. The number of nitrogens with one attached hydrogen (secondary N) is 3. The smallest absolute Gasteiger partial charge is 0.404 e. The summed E-state index contributed by atoms with van der Waals surface area (Å²) in [6, 6.07) is 1.68. The molecule has 14 heteroatoms. The van der Waals surface area contributed by atoms with Gasteiger partial charge >= 0.3 is 6.09 Å². The number of hydrogen-bond acceptors (Lipinski definition) is 9. The van der Waals surface area contributed by atoms with Crippen LogP contribution in [0.15, 0.2) is 30.7 Å². The van der Waals surface area contributed by atoms with Gasteiger partial charge in [-0.05, 0) is 37.8 Å². The van der Waals surface area contributed by atoms with E-state index in [-0.39, 0.29) is 29.0 Å². The van der Waals surface area contributed by atoms with Crippen molar-refractivity contribution in [2.45, 2.75) is 31.8 Å². The average molecular weight is 485 g/mol. The number of primary amides is 1. The Labute approximate surface area is 198 Å². The number of aromatic nitrogens is 5. The van der Waals surface area contributed by atoms with Gasteiger partial charge in [0.25, 0.3) is 5.91 Å². The van der Waals surface area contributed by atoms with E-state index in [0.717, 1.165) is 18.9 Å². The molecule has 2 amide bonds. The summed E-state index contributed by atoms with van der Waals surface area (Å²) >= 11 is 0. The summed E-state index contributed by atoms with van der Waals surface area (Å²) in [4.78, 5) is 32.9. The Morgan fingerprint density at radius 3 is 2.57 bits per heavy atom. The third kappa shape index (κ3) is 5.37. The Bertz CT molecular complexity index is 1230. The van der Waals surface area contributed by atoms with E-state index in [4.69, 9.17) is 15.6 Å². The van der Waals surface area contributed by atoms with Crippen LogP contribution in [-0.4, -0.2) is 61.3 Å². The van der Waals surface area contributed by atoms with Gasteiger partial charge in [0.1, 0.15) is 11.5 Å². The molecule has 1 saturated carbocycles. The van der Waals surface area contributed by atoms with Gasteiger partial charge < -0.3 is 31.5 Å². The Balaban J connectivity index is 1.67. The van der Waals surface area contributed by atoms with E-state index < -0.39 is 29.9 Å². The zero-order valence-corrected chi connectivity index (χ0v) is 18.9. The fourth-order valence-corrected chi connectivity index (χ4v) is 3.71. The number of nitrogens with zero attached hydrogens (tertiary/aromatic N) is 5. The molecule has 0 aromatic carbocycles. The zero-order valence-electron chi connectivity index (χ0n) is 18.9. The van der Waals surface area contributed by atoms with Gasteiger partial charge in [-0.2, -0.15) is 10.2 Å². The van der Waals surface area contributed by atoms with Gasteiger partial charge in [-0.3, -0.25) is 4.79 Å². The average Bonchev–Trinajstić information content (AvgIpc) is 3.50. The van der Waals surface area contributed by atoms with E-state index in [1.807, 2.05) is 0 Å². The van der Waals surface area contributed by atoms with Crippen LogP contribution in [0, 0.1) is 11.7 Å². The Hall–Kier alpha value is -4.49. The van der Waals surface area contributed by atoms with Gasteiger partial charge in [0.15, 0.2) is 11.6 Å². The SMILES string of the molecule is COc1ncc(Nc2nc(N[C@@H](C3CC3)[C@H](C)NC(=O)O)c(F)cc2C(N)=O)cc1-n1nccn1. The van der Waals surface area contributed by atoms with Gasteiger partial charge in [-0.1, -0.05) is 0 Å². The molecular weight excluding hydrogens is 461 g/mol. The predicted molar refractivity (Wildman–Crippen MR) is 122 cm³/mol. The third-order valence-electron chi connectivity index (χ3n) is 5.49. The highest BCUT2D eigenvalue weighted by molar-refractivity contribution is 5.98. The molecule has 3 aromatic rings. The molecule has 184 valence electrons. The minimum absolute atomic E-state index is 0.0128. The Morgan fingerprint density at radius 1 is 1.26 bits per heavy atom. The highest BCUT2D eigenvalue weighted by Crippen LogP contribution is 2.36. The number of amides is 2. The van der Waals surface area contributed by atoms with Crippen molar-refractivity contribution in [3.05, 3.63) is 42.1 Å². The first-order valence-electron chi connectivity index (χ1n) is 10.7. The number of carboxylic acid groups (broad SMARTS) is 1. The molecule has 0 bridgehead atoms. The molecule has 0 aliphatic heterocycles. The van der Waals surface area contributed by atoms with Crippen LogP contribution in [0.5, 0.6) is 5.88 Å². The summed E-state index contributed by atoms with van der Waals surface area (Å²) < 4.78 is 20.2. The highest BCUT2D eigenvalue weighted by atomic mass is 19.1. The minimum atomic E-state index is -1.18. The second kappa shape index (κ2) is 9.79. The first kappa shape index (κ1) is 23.7. The molecule has 2 atom stereocenters. The van der Waals surface area contributed by atoms with Crippen LogP contribution in [0.3, 0.4) is 0 Å². The summed E-state index contributed by atoms with van der Waals surface area (Å²) in [5.41, 5.74) is 6.07. The molecular formula is C21H24FN9O4. The van der Waals surface area contributed by atoms with E-state index in [1.165, 1.54) is 30.5 Å². The minimum Gasteiger partial charge on any atom is -0.479 e. The molecule has 1 aliphatic carbocycles. The molecule has 1 aliphatic rings. The van der Waals surface area contributed by atoms with Crippen LogP contribution in [0.25, 0.3) is 5.69 Å². The number of rotatable bonds is 10. The number of anilines is 3. The van der Waals surface area contributed by atoms with Gasteiger partial charge in [-0.15, -0.1) is 4.80 Å². The van der Waals surface area contributed by atoms with Crippen LogP contribution in [0.4, 0.5) is 26.5 Å². The third-order valence-corrected chi connectivity index (χ3v) is 5.49. The predicted octanol–water partition coefficient (Wildman–Crippen LogP) is 1.89. The van der Waals surface area contributed by atoms with E-state index in [1.54, 1.807) is 13.0 Å². The molecule has 0 spiro atoms. The lowest BCUT2D eigenvalue weighted by Gasteiger charge is -2.26. The van der Waals surface area contributed by atoms with Gasteiger partial charge in [0, 0.05) is 6.04 Å². The standard InChI is InChI=1S/C21H24FN9O4/c1-10(27-21(33)34)16(11-3-4-11)29-19-14(22)8-13(17(23)32)18(30-19)28-12-7-15(20(35-2)24-9-12)31-25-5-6-26-31/h5-11,16,27H,3-4H2,1-2H3,(H2,23,32)(H,33,34)(H2,28,29,30)/t10-,16+/m0/s1. The van der Waals surface area contributed by atoms with Gasteiger partial charge in [0.05, 0.1) is 43.0 Å². The monoisotopic (exact) mass is 485 g/mol. The fraction of sp³-hybridized carbons (Fsp3) is 0.333. The van der Waals surface area contributed by atoms with Crippen molar-refractivity contribution < 1.29 is 23.8 Å². The summed E-state index contributed by atoms with van der Waals surface area (Å²) in [5, 5.41) is 25.5. The molecule has 0 radical (unpaired) electrons. The van der Waals surface area contributed by atoms with Crippen molar-refractivity contribution in [2.75, 3.05) is 17.7 Å². The van der Waals surface area contributed by atoms with Crippen LogP contribution >= 0.6 is 0 Å². The summed E-state index contributed by atoms with van der Waals surface area (Å²) in [5.74, 6) is -1.44. The maximum Gasteiger partial charge on any atom is 0.404 e. The quantitative estimate of drug-likeness (QED) is 0.284. The van der Waals surface area contributed by atoms with Crippen molar-refractivity contribution >= 4 is 29.3 Å². The van der Waals surface area contributed by atoms with Crippen molar-refractivity contribution in [3.63, 3.8) is 0 Å². The van der Waals surface area contributed by atoms with Crippen LogP contribution in [0.2, 0.25) is 0 Å². The lowest BCUT2D eigenvalue weighted by atomic mass is 10.0. The molecule has 0 unspecified atom stereocenters. The summed E-state index contributed by atoms with van der Waals surface area (Å²) in [7, 11) is 1.45. The number of hydrogen-bond donors (Lipinski definition) is 5. The first-order chi connectivity index (χ1) is 16.8. The van der Waals surface area contributed by atoms with Crippen LogP contribution in [0.1, 0.15) is 30.1 Å². The van der Waals surface area contributed by atoms with Crippen LogP contribution in [-0.2, 0) is 0 Å². The topological polar surface area (TPSA) is 182 Å². The fourth-order valence-electron chi connectivity index (χ4n) is 3.71. The highest BCUT2D eigenvalue weighted by Gasteiger charge is 2.36. The largest absolute Gasteiger partial charge is 0.479 e. The van der Waals surface area contributed by atoms with E-state index in [9.17, 15) is 14.0 Å². The number of carbonyl (C=O) groups is 2. The number of ether oxygens (including phenoxy) is 1. The number of pyridine rings is 2. The molecule has 6 N–H and O–H groups in total. The number of carbonyl (C=O) groups excluding carboxylic acids is 1. The zero-order chi connectivity index (χ0) is 25.1. The Kier molecular flexibility index (Phi) is 6.62. The molecule has 13 nitrogen and oxygen atoms in total. The van der Waals surface area contributed by atoms with Gasteiger partial charge in [0.2, 0.25) is 5.88 Å². The maximum absolute atomic E-state index is 14.9. The molecule has 3 heterocycles. The van der Waals surface area contributed by atoms with E-state index >= 15 is 0 Å². The number of halogens is 1. The normalized spacial score (nSPS) is 14.6. The molecule has 0 saturated heterocycles. The Morgan fingerprint density at radius 2 is 1.97 bits per heavy atom. The first-order valence-corrected chi connectivity index (χ1v) is 10.7. The number of methoxy groups -OCH3 is 1. The molecule has 4 rings (SSSR count). The van der Waals surface area contributed by atoms with E-state index in [2.05, 4.69) is 36.1 Å². The van der Waals surface area contributed by atoms with Crippen molar-refractivity contribution in [3.8, 4) is 11.6 Å². The lowest BCUT2D eigenvalue weighted by molar-refractivity contribution is 0.1000. The molecule has 1 fully saturated rings. The van der Waals surface area contributed by atoms with Crippen molar-refractivity contribution in [2.24, 2.45) is 11.7 Å². The summed E-state index contributed by atoms with van der Waals surface area (Å²) in [6.07, 6.45) is 4.97. The van der Waals surface area contributed by atoms with Crippen LogP contribution < -0.4 is 26.4 Å². The maximum atomic E-state index is 14.9. The second-order valence-corrected chi connectivity index (χ2v) is 8.02. The summed E-state index contributed by atoms with van der Waals surface area (Å²) in [6.45, 7) is 1.69. The second-order valence-electron chi connectivity index (χ2n) is 8.02. The van der Waals surface area contributed by atoms with Gasteiger partial charge in [-0.25, -0.2) is 19.2 Å². The van der Waals surface area contributed by atoms with Crippen molar-refractivity contribution in [1.82, 2.24) is 30.3 Å². The number of nitrogens with two attached hydrogens (primary N) is 1.